The molecule has 8 nitrogen and oxygen atoms in total. The molecule has 0 radical (unpaired) electrons. The Balaban J connectivity index is 1.46. The van der Waals surface area contributed by atoms with Crippen LogP contribution in [0.15, 0.2) is 24.5 Å². The Morgan fingerprint density at radius 1 is 1.12 bits per heavy atom. The Morgan fingerprint density at radius 2 is 1.92 bits per heavy atom. The van der Waals surface area contributed by atoms with Crippen LogP contribution in [0.3, 0.4) is 0 Å². The minimum atomic E-state index is -0.0365. The topological polar surface area (TPSA) is 95.1 Å². The van der Waals surface area contributed by atoms with Crippen molar-refractivity contribution in [3.63, 3.8) is 0 Å². The number of aromatic amines is 1. The lowest BCUT2D eigenvalue weighted by Gasteiger charge is -2.27. The summed E-state index contributed by atoms with van der Waals surface area (Å²) in [6.07, 6.45) is 5.75. The lowest BCUT2D eigenvalue weighted by atomic mass is 9.95. The average Bonchev–Trinajstić information content (AvgIpc) is 3.22. The molecule has 0 spiro atoms. The molecule has 0 unspecified atom stereocenters. The molecule has 2 amide bonds. The standard InChI is InChI=1S/C18H22N6O2/c1-12-10-15(22-21-12)18(26)23-7-3-13-4-9-24(16(13)5-8-23)17(25)14-2-6-19-20-11-14/h2,6,10-11,13,16H,3-5,7-9H2,1H3,(H,21,22)/t13-,16-/m1/s1. The van der Waals surface area contributed by atoms with E-state index in [4.69, 9.17) is 0 Å². The van der Waals surface area contributed by atoms with E-state index < -0.39 is 0 Å². The van der Waals surface area contributed by atoms with Gasteiger partial charge in [0.25, 0.3) is 11.8 Å². The molecule has 2 aromatic rings. The first-order valence-electron chi connectivity index (χ1n) is 9.02. The molecule has 2 saturated heterocycles. The SMILES string of the molecule is Cc1cc(C(=O)N2CC[C@@H]3CCN(C(=O)c4ccnnc4)[C@@H]3CC2)n[nH]1. The van der Waals surface area contributed by atoms with Crippen molar-refractivity contribution in [3.8, 4) is 0 Å². The Kier molecular flexibility index (Phi) is 4.40. The van der Waals surface area contributed by atoms with Gasteiger partial charge in [0, 0.05) is 31.4 Å². The van der Waals surface area contributed by atoms with Gasteiger partial charge in [-0.25, -0.2) is 0 Å². The zero-order valence-electron chi connectivity index (χ0n) is 14.8. The highest BCUT2D eigenvalue weighted by Gasteiger charge is 2.39. The first kappa shape index (κ1) is 16.7. The number of aryl methyl sites for hydroxylation is 1. The number of likely N-dealkylation sites (tertiary alicyclic amines) is 2. The first-order chi connectivity index (χ1) is 12.6. The Bertz CT molecular complexity index is 805. The molecule has 2 aliphatic rings. The first-order valence-corrected chi connectivity index (χ1v) is 9.02. The number of hydrogen-bond donors (Lipinski definition) is 1. The summed E-state index contributed by atoms with van der Waals surface area (Å²) >= 11 is 0. The summed E-state index contributed by atoms with van der Waals surface area (Å²) in [5, 5.41) is 14.5. The molecule has 0 saturated carbocycles. The van der Waals surface area contributed by atoms with Gasteiger partial charge in [-0.2, -0.15) is 15.3 Å². The van der Waals surface area contributed by atoms with E-state index in [9.17, 15) is 9.59 Å². The maximum absolute atomic E-state index is 12.8. The molecule has 8 heteroatoms. The van der Waals surface area contributed by atoms with Crippen molar-refractivity contribution in [3.05, 3.63) is 41.5 Å². The van der Waals surface area contributed by atoms with Gasteiger partial charge < -0.3 is 9.80 Å². The van der Waals surface area contributed by atoms with E-state index >= 15 is 0 Å². The van der Waals surface area contributed by atoms with E-state index in [1.807, 2.05) is 16.7 Å². The monoisotopic (exact) mass is 354 g/mol. The fourth-order valence-electron chi connectivity index (χ4n) is 4.10. The summed E-state index contributed by atoms with van der Waals surface area (Å²) in [5.41, 5.74) is 1.91. The number of rotatable bonds is 2. The van der Waals surface area contributed by atoms with Crippen LogP contribution in [-0.2, 0) is 0 Å². The van der Waals surface area contributed by atoms with E-state index in [0.717, 1.165) is 31.5 Å². The molecule has 0 aromatic carbocycles. The molecule has 2 fully saturated rings. The number of nitrogens with zero attached hydrogens (tertiary/aromatic N) is 5. The van der Waals surface area contributed by atoms with E-state index in [0.29, 0.717) is 30.3 Å². The molecular formula is C18H22N6O2. The maximum atomic E-state index is 12.8. The van der Waals surface area contributed by atoms with Crippen molar-refractivity contribution < 1.29 is 9.59 Å². The molecule has 0 bridgehead atoms. The number of hydrogen-bond acceptors (Lipinski definition) is 5. The second-order valence-electron chi connectivity index (χ2n) is 7.05. The highest BCUT2D eigenvalue weighted by Crippen LogP contribution is 2.33. The highest BCUT2D eigenvalue weighted by atomic mass is 16.2. The van der Waals surface area contributed by atoms with Gasteiger partial charge in [-0.1, -0.05) is 0 Å². The third-order valence-electron chi connectivity index (χ3n) is 5.45. The normalized spacial score (nSPS) is 22.8. The van der Waals surface area contributed by atoms with E-state index in [-0.39, 0.29) is 17.9 Å². The second kappa shape index (κ2) is 6.86. The van der Waals surface area contributed by atoms with Crippen molar-refractivity contribution in [2.75, 3.05) is 19.6 Å². The van der Waals surface area contributed by atoms with Crippen molar-refractivity contribution in [1.29, 1.82) is 0 Å². The molecule has 4 rings (SSSR count). The van der Waals surface area contributed by atoms with E-state index in [1.54, 1.807) is 18.3 Å². The van der Waals surface area contributed by atoms with Crippen molar-refractivity contribution in [2.45, 2.75) is 32.2 Å². The molecule has 2 aromatic heterocycles. The van der Waals surface area contributed by atoms with Gasteiger partial charge in [0.2, 0.25) is 0 Å². The Morgan fingerprint density at radius 3 is 2.65 bits per heavy atom. The third kappa shape index (κ3) is 3.07. The molecule has 2 aliphatic heterocycles. The van der Waals surface area contributed by atoms with Gasteiger partial charge in [0.1, 0.15) is 5.69 Å². The smallest absolute Gasteiger partial charge is 0.274 e. The zero-order valence-corrected chi connectivity index (χ0v) is 14.8. The van der Waals surface area contributed by atoms with Crippen LogP contribution in [-0.4, -0.2) is 67.7 Å². The van der Waals surface area contributed by atoms with E-state index in [2.05, 4.69) is 20.4 Å². The van der Waals surface area contributed by atoms with Crippen LogP contribution < -0.4 is 0 Å². The van der Waals surface area contributed by atoms with Crippen molar-refractivity contribution in [1.82, 2.24) is 30.2 Å². The highest BCUT2D eigenvalue weighted by molar-refractivity contribution is 5.94. The summed E-state index contributed by atoms with van der Waals surface area (Å²) < 4.78 is 0. The zero-order chi connectivity index (χ0) is 18.1. The maximum Gasteiger partial charge on any atom is 0.274 e. The summed E-state index contributed by atoms with van der Waals surface area (Å²) in [7, 11) is 0. The van der Waals surface area contributed by atoms with Gasteiger partial charge in [0.15, 0.2) is 0 Å². The molecule has 2 atom stereocenters. The Hall–Kier alpha value is -2.77. The summed E-state index contributed by atoms with van der Waals surface area (Å²) in [6, 6.07) is 3.66. The van der Waals surface area contributed by atoms with Crippen molar-refractivity contribution >= 4 is 11.8 Å². The van der Waals surface area contributed by atoms with Gasteiger partial charge >= 0.3 is 0 Å². The lowest BCUT2D eigenvalue weighted by molar-refractivity contribution is 0.0703. The van der Waals surface area contributed by atoms with Crippen LogP contribution in [0, 0.1) is 12.8 Å². The van der Waals surface area contributed by atoms with Crippen LogP contribution in [0.25, 0.3) is 0 Å². The largest absolute Gasteiger partial charge is 0.337 e. The predicted octanol–water partition coefficient (Wildman–Crippen LogP) is 1.28. The van der Waals surface area contributed by atoms with Crippen LogP contribution in [0.4, 0.5) is 0 Å². The number of carbonyl (C=O) groups excluding carboxylic acids is 2. The number of aromatic nitrogens is 4. The predicted molar refractivity (Wildman–Crippen MR) is 93.4 cm³/mol. The molecule has 26 heavy (non-hydrogen) atoms. The molecule has 1 N–H and O–H groups in total. The molecule has 4 heterocycles. The van der Waals surface area contributed by atoms with Crippen molar-refractivity contribution in [2.24, 2.45) is 5.92 Å². The second-order valence-corrected chi connectivity index (χ2v) is 7.05. The fraction of sp³-hybridized carbons (Fsp3) is 0.500. The molecular weight excluding hydrogens is 332 g/mol. The Labute approximate surface area is 151 Å². The van der Waals surface area contributed by atoms with Gasteiger partial charge in [-0.3, -0.25) is 14.7 Å². The molecule has 136 valence electrons. The summed E-state index contributed by atoms with van der Waals surface area (Å²) in [5.74, 6) is 0.410. The van der Waals surface area contributed by atoms with Gasteiger partial charge in [-0.05, 0) is 44.2 Å². The minimum Gasteiger partial charge on any atom is -0.337 e. The third-order valence-corrected chi connectivity index (χ3v) is 5.45. The summed E-state index contributed by atoms with van der Waals surface area (Å²) in [6.45, 7) is 4.01. The minimum absolute atomic E-state index is 0.00935. The number of fused-ring (bicyclic) bond motifs is 1. The van der Waals surface area contributed by atoms with Crippen LogP contribution in [0.5, 0.6) is 0 Å². The summed E-state index contributed by atoms with van der Waals surface area (Å²) in [4.78, 5) is 29.3. The van der Waals surface area contributed by atoms with E-state index in [1.165, 1.54) is 6.20 Å². The van der Waals surface area contributed by atoms with Crippen LogP contribution >= 0.6 is 0 Å². The van der Waals surface area contributed by atoms with Gasteiger partial charge in [0.05, 0.1) is 18.0 Å². The lowest BCUT2D eigenvalue weighted by Crippen LogP contribution is -2.39. The van der Waals surface area contributed by atoms with Crippen LogP contribution in [0.2, 0.25) is 0 Å². The number of nitrogens with one attached hydrogen (secondary N) is 1. The van der Waals surface area contributed by atoms with Gasteiger partial charge in [-0.15, -0.1) is 0 Å². The average molecular weight is 354 g/mol. The number of amides is 2. The fourth-order valence-corrected chi connectivity index (χ4v) is 4.10. The number of H-pyrrole nitrogens is 1. The van der Waals surface area contributed by atoms with Crippen LogP contribution in [0.1, 0.15) is 45.8 Å². The number of carbonyl (C=O) groups is 2. The molecule has 0 aliphatic carbocycles. The quantitative estimate of drug-likeness (QED) is 0.876.